The Morgan fingerprint density at radius 1 is 1.33 bits per heavy atom. The van der Waals surface area contributed by atoms with E-state index in [0.29, 0.717) is 6.42 Å². The van der Waals surface area contributed by atoms with Crippen molar-refractivity contribution in [2.75, 3.05) is 33.4 Å². The quantitative estimate of drug-likeness (QED) is 0.760. The van der Waals surface area contributed by atoms with Crippen LogP contribution in [0.2, 0.25) is 0 Å². The number of ether oxygens (including phenoxy) is 2. The van der Waals surface area contributed by atoms with Crippen molar-refractivity contribution >= 4 is 5.97 Å². The highest BCUT2D eigenvalue weighted by Gasteiger charge is 2.25. The van der Waals surface area contributed by atoms with Crippen LogP contribution in [0, 0.1) is 0 Å². The molecule has 98 valence electrons. The first kappa shape index (κ1) is 13.1. The van der Waals surface area contributed by atoms with Gasteiger partial charge in [0.05, 0.1) is 26.7 Å². The molecule has 0 N–H and O–H groups in total. The van der Waals surface area contributed by atoms with Gasteiger partial charge in [0.25, 0.3) is 0 Å². The highest BCUT2D eigenvalue weighted by atomic mass is 16.5. The number of benzene rings is 1. The van der Waals surface area contributed by atoms with Crippen LogP contribution in [0.1, 0.15) is 18.0 Å². The summed E-state index contributed by atoms with van der Waals surface area (Å²) < 4.78 is 10.2. The fraction of sp³-hybridized carbons (Fsp3) is 0.500. The number of carbonyl (C=O) groups is 1. The van der Waals surface area contributed by atoms with Crippen LogP contribution in [0.3, 0.4) is 0 Å². The molecule has 1 atom stereocenters. The second kappa shape index (κ2) is 6.52. The fourth-order valence-electron chi connectivity index (χ4n) is 2.26. The topological polar surface area (TPSA) is 38.8 Å². The van der Waals surface area contributed by atoms with Gasteiger partial charge in [-0.2, -0.15) is 0 Å². The van der Waals surface area contributed by atoms with Crippen molar-refractivity contribution in [3.63, 3.8) is 0 Å². The molecule has 0 aromatic heterocycles. The molecule has 1 fully saturated rings. The van der Waals surface area contributed by atoms with Crippen molar-refractivity contribution in [1.82, 2.24) is 4.90 Å². The van der Waals surface area contributed by atoms with Crippen LogP contribution >= 0.6 is 0 Å². The van der Waals surface area contributed by atoms with Crippen LogP contribution in [0.4, 0.5) is 0 Å². The van der Waals surface area contributed by atoms with E-state index in [4.69, 9.17) is 9.47 Å². The van der Waals surface area contributed by atoms with Crippen molar-refractivity contribution in [2.24, 2.45) is 0 Å². The van der Waals surface area contributed by atoms with Crippen molar-refractivity contribution < 1.29 is 14.3 Å². The Kier molecular flexibility index (Phi) is 4.73. The average Bonchev–Trinajstić information content (AvgIpc) is 2.46. The standard InChI is InChI=1S/C14H19NO3/c1-17-14(16)11-13(12-5-3-2-4-6-12)15-7-9-18-10-8-15/h2-6,13H,7-11H2,1H3/t13-/m0/s1. The first-order valence-electron chi connectivity index (χ1n) is 6.25. The zero-order valence-corrected chi connectivity index (χ0v) is 10.7. The number of morpholine rings is 1. The lowest BCUT2D eigenvalue weighted by molar-refractivity contribution is -0.142. The van der Waals surface area contributed by atoms with Gasteiger partial charge in [-0.15, -0.1) is 0 Å². The van der Waals surface area contributed by atoms with E-state index in [0.717, 1.165) is 31.9 Å². The SMILES string of the molecule is COC(=O)C[C@@H](c1ccccc1)N1CCOCC1. The molecule has 1 aliphatic rings. The lowest BCUT2D eigenvalue weighted by Gasteiger charge is -2.34. The molecule has 1 saturated heterocycles. The van der Waals surface area contributed by atoms with Gasteiger partial charge in [0.1, 0.15) is 0 Å². The highest BCUT2D eigenvalue weighted by molar-refractivity contribution is 5.70. The van der Waals surface area contributed by atoms with E-state index in [1.807, 2.05) is 18.2 Å². The third-order valence-corrected chi connectivity index (χ3v) is 3.26. The smallest absolute Gasteiger partial charge is 0.307 e. The van der Waals surface area contributed by atoms with Gasteiger partial charge in [0.15, 0.2) is 0 Å². The third-order valence-electron chi connectivity index (χ3n) is 3.26. The average molecular weight is 249 g/mol. The summed E-state index contributed by atoms with van der Waals surface area (Å²) in [5.74, 6) is -0.171. The molecule has 18 heavy (non-hydrogen) atoms. The molecule has 4 nitrogen and oxygen atoms in total. The van der Waals surface area contributed by atoms with E-state index in [9.17, 15) is 4.79 Å². The molecule has 2 rings (SSSR count). The highest BCUT2D eigenvalue weighted by Crippen LogP contribution is 2.25. The summed E-state index contributed by atoms with van der Waals surface area (Å²) in [5, 5.41) is 0. The molecule has 0 aliphatic carbocycles. The van der Waals surface area contributed by atoms with Gasteiger partial charge >= 0.3 is 5.97 Å². The van der Waals surface area contributed by atoms with Crippen molar-refractivity contribution in [3.05, 3.63) is 35.9 Å². The van der Waals surface area contributed by atoms with Crippen LogP contribution in [-0.4, -0.2) is 44.3 Å². The Morgan fingerprint density at radius 2 is 2.00 bits per heavy atom. The summed E-state index contributed by atoms with van der Waals surface area (Å²) in [7, 11) is 1.43. The maximum atomic E-state index is 11.6. The summed E-state index contributed by atoms with van der Waals surface area (Å²) in [5.41, 5.74) is 1.16. The fourth-order valence-corrected chi connectivity index (χ4v) is 2.26. The number of hydrogen-bond donors (Lipinski definition) is 0. The Hall–Kier alpha value is -1.39. The van der Waals surface area contributed by atoms with Crippen LogP contribution in [0.15, 0.2) is 30.3 Å². The summed E-state index contributed by atoms with van der Waals surface area (Å²) in [6.45, 7) is 3.17. The van der Waals surface area contributed by atoms with Crippen LogP contribution in [0.25, 0.3) is 0 Å². The largest absolute Gasteiger partial charge is 0.469 e. The zero-order chi connectivity index (χ0) is 12.8. The van der Waals surface area contributed by atoms with Gasteiger partial charge < -0.3 is 9.47 Å². The van der Waals surface area contributed by atoms with E-state index in [2.05, 4.69) is 17.0 Å². The third kappa shape index (κ3) is 3.31. The molecule has 4 heteroatoms. The molecule has 1 aliphatic heterocycles. The minimum absolute atomic E-state index is 0.0857. The van der Waals surface area contributed by atoms with E-state index in [-0.39, 0.29) is 12.0 Å². The van der Waals surface area contributed by atoms with E-state index in [1.165, 1.54) is 7.11 Å². The van der Waals surface area contributed by atoms with Gasteiger partial charge in [-0.1, -0.05) is 30.3 Å². The Labute approximate surface area is 107 Å². The van der Waals surface area contributed by atoms with Crippen molar-refractivity contribution in [3.8, 4) is 0 Å². The first-order valence-corrected chi connectivity index (χ1v) is 6.25. The molecule has 1 aromatic carbocycles. The summed E-state index contributed by atoms with van der Waals surface area (Å²) in [6.07, 6.45) is 0.389. The number of carbonyl (C=O) groups excluding carboxylic acids is 1. The number of nitrogens with zero attached hydrogens (tertiary/aromatic N) is 1. The van der Waals surface area contributed by atoms with Gasteiger partial charge in [-0.05, 0) is 5.56 Å². The molecule has 0 bridgehead atoms. The number of methoxy groups -OCH3 is 1. The van der Waals surface area contributed by atoms with Crippen LogP contribution in [0.5, 0.6) is 0 Å². The lowest BCUT2D eigenvalue weighted by atomic mass is 10.0. The molecule has 1 aromatic rings. The number of esters is 1. The Bertz CT molecular complexity index is 374. The predicted octanol–water partition coefficient (Wildman–Crippen LogP) is 1.62. The van der Waals surface area contributed by atoms with E-state index < -0.39 is 0 Å². The van der Waals surface area contributed by atoms with E-state index >= 15 is 0 Å². The van der Waals surface area contributed by atoms with Crippen molar-refractivity contribution in [1.29, 1.82) is 0 Å². The first-order chi connectivity index (χ1) is 8.81. The number of rotatable bonds is 4. The predicted molar refractivity (Wildman–Crippen MR) is 68.2 cm³/mol. The van der Waals surface area contributed by atoms with Crippen LogP contribution < -0.4 is 0 Å². The molecular weight excluding hydrogens is 230 g/mol. The normalized spacial score (nSPS) is 18.3. The second-order valence-corrected chi connectivity index (χ2v) is 4.36. The molecule has 0 unspecified atom stereocenters. The summed E-state index contributed by atoms with van der Waals surface area (Å²) in [6, 6.07) is 10.2. The summed E-state index contributed by atoms with van der Waals surface area (Å²) in [4.78, 5) is 13.8. The van der Waals surface area contributed by atoms with Gasteiger partial charge in [0, 0.05) is 19.1 Å². The lowest BCUT2D eigenvalue weighted by Crippen LogP contribution is -2.40. The molecule has 0 spiro atoms. The Balaban J connectivity index is 2.14. The van der Waals surface area contributed by atoms with Crippen molar-refractivity contribution in [2.45, 2.75) is 12.5 Å². The van der Waals surface area contributed by atoms with Gasteiger partial charge in [-0.25, -0.2) is 0 Å². The molecule has 1 heterocycles. The van der Waals surface area contributed by atoms with Gasteiger partial charge in [-0.3, -0.25) is 9.69 Å². The summed E-state index contributed by atoms with van der Waals surface area (Å²) >= 11 is 0. The second-order valence-electron chi connectivity index (χ2n) is 4.36. The minimum Gasteiger partial charge on any atom is -0.469 e. The Morgan fingerprint density at radius 3 is 2.61 bits per heavy atom. The maximum absolute atomic E-state index is 11.6. The number of hydrogen-bond acceptors (Lipinski definition) is 4. The maximum Gasteiger partial charge on any atom is 0.307 e. The van der Waals surface area contributed by atoms with Crippen LogP contribution in [-0.2, 0) is 14.3 Å². The zero-order valence-electron chi connectivity index (χ0n) is 10.7. The molecule has 0 saturated carbocycles. The molecule has 0 radical (unpaired) electrons. The molecule has 0 amide bonds. The van der Waals surface area contributed by atoms with E-state index in [1.54, 1.807) is 0 Å². The minimum atomic E-state index is -0.171. The van der Waals surface area contributed by atoms with Gasteiger partial charge in [0.2, 0.25) is 0 Å². The monoisotopic (exact) mass is 249 g/mol. The molecular formula is C14H19NO3.